The second-order valence-corrected chi connectivity index (χ2v) is 27.2. The Morgan fingerprint density at radius 2 is 1.42 bits per heavy atom. The van der Waals surface area contributed by atoms with E-state index in [1.165, 1.54) is 44.9 Å². The smallest absolute Gasteiger partial charge is 0.192 e. The first-order chi connectivity index (χ1) is 20.0. The zero-order chi connectivity index (χ0) is 31.6. The molecule has 0 aromatic heterocycles. The molecule has 0 amide bonds. The molecule has 43 heavy (non-hydrogen) atoms. The van der Waals surface area contributed by atoms with Crippen LogP contribution >= 0.6 is 0 Å². The van der Waals surface area contributed by atoms with Crippen molar-refractivity contribution in [2.24, 2.45) is 23.7 Å². The van der Waals surface area contributed by atoms with E-state index in [0.29, 0.717) is 0 Å². The maximum Gasteiger partial charge on any atom is 0.192 e. The number of allylic oxidation sites excluding steroid dienone is 3. The Kier molecular flexibility index (Phi) is 11.8. The van der Waals surface area contributed by atoms with Crippen molar-refractivity contribution in [3.63, 3.8) is 0 Å². The van der Waals surface area contributed by atoms with Crippen LogP contribution in [0.15, 0.2) is 23.3 Å². The van der Waals surface area contributed by atoms with E-state index in [-0.39, 0.29) is 28.6 Å². The number of fused-ring (bicyclic) bond motifs is 1. The molecular weight excluding hydrogens is 565 g/mol. The summed E-state index contributed by atoms with van der Waals surface area (Å²) in [5, 5.41) is 0.439. The standard InChI is InChI=1S/C37H68O4Si2/c1-27(14-12-17-35-38-22-23-39-35)32-20-21-33-29(15-13-16-34(32)33)19-18-28-24-30(40-42(8,9)36(2,3)4)26-31(25-28)41-43(10,11)37(5,6)7/h18-19,27,30-35H,12-17,20-26H2,1-11H3/b29-19+/t27?,30-,31-,32-,33+,34-/m1/s1. The molecule has 1 aliphatic heterocycles. The molecule has 4 fully saturated rings. The Morgan fingerprint density at radius 3 is 1.98 bits per heavy atom. The van der Waals surface area contributed by atoms with Crippen molar-refractivity contribution >= 4 is 16.6 Å². The third-order valence-corrected chi connectivity index (χ3v) is 21.5. The van der Waals surface area contributed by atoms with E-state index in [1.807, 2.05) is 0 Å². The van der Waals surface area contributed by atoms with Gasteiger partial charge in [0.1, 0.15) is 0 Å². The van der Waals surface area contributed by atoms with E-state index in [0.717, 1.165) is 62.6 Å². The molecule has 4 rings (SSSR count). The molecule has 0 aromatic rings. The van der Waals surface area contributed by atoms with E-state index in [9.17, 15) is 0 Å². The van der Waals surface area contributed by atoms with E-state index >= 15 is 0 Å². The highest BCUT2D eigenvalue weighted by atomic mass is 28.4. The van der Waals surface area contributed by atoms with Crippen molar-refractivity contribution in [1.82, 2.24) is 0 Å². The molecule has 0 spiro atoms. The third-order valence-electron chi connectivity index (χ3n) is 12.5. The topological polar surface area (TPSA) is 36.9 Å². The number of hydrogen-bond donors (Lipinski definition) is 0. The third kappa shape index (κ3) is 9.19. The van der Waals surface area contributed by atoms with Gasteiger partial charge in [-0.2, -0.15) is 0 Å². The lowest BCUT2D eigenvalue weighted by molar-refractivity contribution is -0.0488. The highest BCUT2D eigenvalue weighted by molar-refractivity contribution is 6.74. The van der Waals surface area contributed by atoms with Crippen molar-refractivity contribution in [3.05, 3.63) is 23.3 Å². The first-order valence-electron chi connectivity index (χ1n) is 17.9. The molecule has 0 aromatic carbocycles. The van der Waals surface area contributed by atoms with Crippen LogP contribution < -0.4 is 0 Å². The maximum atomic E-state index is 7.07. The lowest BCUT2D eigenvalue weighted by Crippen LogP contribution is -2.48. The molecule has 248 valence electrons. The Balaban J connectivity index is 1.44. The summed E-state index contributed by atoms with van der Waals surface area (Å²) in [4.78, 5) is 0. The number of hydrogen-bond acceptors (Lipinski definition) is 4. The fraction of sp³-hybridized carbons (Fsp3) is 0.892. The van der Waals surface area contributed by atoms with Gasteiger partial charge in [0.25, 0.3) is 0 Å². The largest absolute Gasteiger partial charge is 0.414 e. The van der Waals surface area contributed by atoms with E-state index in [1.54, 1.807) is 11.1 Å². The van der Waals surface area contributed by atoms with Gasteiger partial charge in [0.2, 0.25) is 0 Å². The monoisotopic (exact) mass is 632 g/mol. The minimum atomic E-state index is -1.86. The normalized spacial score (nSPS) is 31.5. The summed E-state index contributed by atoms with van der Waals surface area (Å²) in [6.45, 7) is 27.9. The van der Waals surface area contributed by atoms with E-state index in [4.69, 9.17) is 18.3 Å². The molecule has 3 saturated carbocycles. The number of rotatable bonds is 10. The van der Waals surface area contributed by atoms with Gasteiger partial charge in [0, 0.05) is 0 Å². The first-order valence-corrected chi connectivity index (χ1v) is 23.8. The minimum absolute atomic E-state index is 0.0549. The molecule has 4 nitrogen and oxygen atoms in total. The van der Waals surface area contributed by atoms with E-state index < -0.39 is 16.6 Å². The highest BCUT2D eigenvalue weighted by Crippen LogP contribution is 2.52. The molecule has 3 aliphatic carbocycles. The lowest BCUT2D eigenvalue weighted by atomic mass is 9.71. The number of ether oxygens (including phenoxy) is 2. The molecule has 0 bridgehead atoms. The molecule has 1 heterocycles. The molecular formula is C37H68O4Si2. The van der Waals surface area contributed by atoms with Crippen LogP contribution in [-0.4, -0.2) is 48.3 Å². The molecule has 1 saturated heterocycles. The second-order valence-electron chi connectivity index (χ2n) is 17.7. The van der Waals surface area contributed by atoms with E-state index in [2.05, 4.69) is 86.8 Å². The van der Waals surface area contributed by atoms with Crippen LogP contribution in [0.5, 0.6) is 0 Å². The van der Waals surface area contributed by atoms with Gasteiger partial charge < -0.3 is 18.3 Å². The zero-order valence-electron chi connectivity index (χ0n) is 30.0. The second kappa shape index (κ2) is 14.3. The summed E-state index contributed by atoms with van der Waals surface area (Å²) in [6.07, 6.45) is 19.3. The maximum absolute atomic E-state index is 7.07. The first kappa shape index (κ1) is 35.6. The molecule has 6 heteroatoms. The van der Waals surface area contributed by atoms with Crippen molar-refractivity contribution < 1.29 is 18.3 Å². The fourth-order valence-corrected chi connectivity index (χ4v) is 10.6. The van der Waals surface area contributed by atoms with Crippen molar-refractivity contribution in [3.8, 4) is 0 Å². The summed E-state index contributed by atoms with van der Waals surface area (Å²) < 4.78 is 25.5. The fourth-order valence-electron chi connectivity index (χ4n) is 7.86. The van der Waals surface area contributed by atoms with Crippen LogP contribution in [0, 0.1) is 23.7 Å². The molecule has 4 aliphatic rings. The Labute approximate surface area is 268 Å². The van der Waals surface area contributed by atoms with Crippen LogP contribution in [0.1, 0.15) is 119 Å². The summed E-state index contributed by atoms with van der Waals surface area (Å²) >= 11 is 0. The molecule has 1 unspecified atom stereocenters. The SMILES string of the molecule is CC(CCCC1OCCO1)[C@H]1CC[C@H]2/C(=C/C=C3C[C@@H](O[Si](C)(C)C(C)(C)C)C[C@H](O[Si](C)(C)C(C)(C)C)C3)CCC[C@H]12. The predicted octanol–water partition coefficient (Wildman–Crippen LogP) is 10.8. The summed E-state index contributed by atoms with van der Waals surface area (Å²) in [5.74, 6) is 3.35. The Hall–Kier alpha value is -0.246. The average Bonchev–Trinajstić information content (AvgIpc) is 3.56. The van der Waals surface area contributed by atoms with Gasteiger partial charge in [-0.15, -0.1) is 0 Å². The van der Waals surface area contributed by atoms with Crippen molar-refractivity contribution in [1.29, 1.82) is 0 Å². The van der Waals surface area contributed by atoms with Gasteiger partial charge in [-0.25, -0.2) is 0 Å². The van der Waals surface area contributed by atoms with Crippen molar-refractivity contribution in [2.45, 2.75) is 174 Å². The lowest BCUT2D eigenvalue weighted by Gasteiger charge is -2.45. The van der Waals surface area contributed by atoms with Crippen LogP contribution in [0.2, 0.25) is 36.3 Å². The summed E-state index contributed by atoms with van der Waals surface area (Å²) in [7, 11) is -3.71. The van der Waals surface area contributed by atoms with Gasteiger partial charge >= 0.3 is 0 Å². The van der Waals surface area contributed by atoms with Crippen LogP contribution in [0.25, 0.3) is 0 Å². The Morgan fingerprint density at radius 1 is 0.837 bits per heavy atom. The van der Waals surface area contributed by atoms with Gasteiger partial charge in [0.05, 0.1) is 25.4 Å². The minimum Gasteiger partial charge on any atom is -0.414 e. The van der Waals surface area contributed by atoms with Crippen LogP contribution in [0.4, 0.5) is 0 Å². The van der Waals surface area contributed by atoms with Crippen molar-refractivity contribution in [2.75, 3.05) is 13.2 Å². The van der Waals surface area contributed by atoms with Gasteiger partial charge in [-0.05, 0) is 124 Å². The highest BCUT2D eigenvalue weighted by Gasteiger charge is 2.44. The molecule has 6 atom stereocenters. The predicted molar refractivity (Wildman–Crippen MR) is 186 cm³/mol. The van der Waals surface area contributed by atoms with Crippen LogP contribution in [-0.2, 0) is 18.3 Å². The Bertz CT molecular complexity index is 928. The quantitative estimate of drug-likeness (QED) is 0.225. The zero-order valence-corrected chi connectivity index (χ0v) is 32.0. The summed E-state index contributed by atoms with van der Waals surface area (Å²) in [5.41, 5.74) is 3.29. The molecule has 0 N–H and O–H groups in total. The molecule has 0 radical (unpaired) electrons. The summed E-state index contributed by atoms with van der Waals surface area (Å²) in [6, 6.07) is 0. The van der Waals surface area contributed by atoms with Gasteiger partial charge in [-0.3, -0.25) is 0 Å². The average molecular weight is 633 g/mol. The van der Waals surface area contributed by atoms with Gasteiger partial charge in [-0.1, -0.05) is 78.2 Å². The van der Waals surface area contributed by atoms with Crippen LogP contribution in [0.3, 0.4) is 0 Å². The van der Waals surface area contributed by atoms with Gasteiger partial charge in [0.15, 0.2) is 22.9 Å².